The van der Waals surface area contributed by atoms with Gasteiger partial charge in [-0.2, -0.15) is 4.98 Å². The number of hydrogen-bond acceptors (Lipinski definition) is 5. The number of fused-ring (bicyclic) bond motifs is 1. The van der Waals surface area contributed by atoms with Gasteiger partial charge in [0.05, 0.1) is 5.39 Å². The van der Waals surface area contributed by atoms with Crippen molar-refractivity contribution in [3.05, 3.63) is 40.7 Å². The SMILES string of the molecule is CCNc1nc(Nc2ccc(Cl)cc2)c2ccsc2n1. The predicted molar refractivity (Wildman–Crippen MR) is 86.3 cm³/mol. The van der Waals surface area contributed by atoms with Crippen LogP contribution in [0.25, 0.3) is 10.2 Å². The summed E-state index contributed by atoms with van der Waals surface area (Å²) >= 11 is 7.50. The Kier molecular flexibility index (Phi) is 3.71. The Bertz CT molecular complexity index is 724. The summed E-state index contributed by atoms with van der Waals surface area (Å²) in [6.45, 7) is 2.81. The highest BCUT2D eigenvalue weighted by Crippen LogP contribution is 2.29. The van der Waals surface area contributed by atoms with Crippen LogP contribution in [0.4, 0.5) is 17.5 Å². The molecule has 0 amide bonds. The summed E-state index contributed by atoms with van der Waals surface area (Å²) in [5, 5.41) is 10.2. The normalized spacial score (nSPS) is 10.7. The van der Waals surface area contributed by atoms with Crippen LogP contribution in [-0.4, -0.2) is 16.5 Å². The molecule has 2 aromatic heterocycles. The molecule has 0 unspecified atom stereocenters. The fourth-order valence-corrected chi connectivity index (χ4v) is 2.75. The molecule has 0 fully saturated rings. The lowest BCUT2D eigenvalue weighted by Gasteiger charge is -2.09. The zero-order chi connectivity index (χ0) is 13.9. The third-order valence-corrected chi connectivity index (χ3v) is 3.83. The standard InChI is InChI=1S/C14H13ClN4S/c1-2-16-14-18-12(11-7-8-20-13(11)19-14)17-10-5-3-9(15)4-6-10/h3-8H,2H2,1H3,(H2,16,17,18,19). The maximum absolute atomic E-state index is 5.90. The summed E-state index contributed by atoms with van der Waals surface area (Å²) < 4.78 is 0. The van der Waals surface area contributed by atoms with Gasteiger partial charge in [0.2, 0.25) is 5.95 Å². The smallest absolute Gasteiger partial charge is 0.226 e. The summed E-state index contributed by atoms with van der Waals surface area (Å²) in [5.41, 5.74) is 0.947. The molecule has 0 aliphatic rings. The van der Waals surface area contributed by atoms with Crippen molar-refractivity contribution in [3.8, 4) is 0 Å². The van der Waals surface area contributed by atoms with Gasteiger partial charge in [-0.1, -0.05) is 11.6 Å². The van der Waals surface area contributed by atoms with Gasteiger partial charge in [-0.15, -0.1) is 11.3 Å². The molecule has 1 aromatic carbocycles. The van der Waals surface area contributed by atoms with Gasteiger partial charge in [-0.25, -0.2) is 4.98 Å². The number of rotatable bonds is 4. The third-order valence-electron chi connectivity index (χ3n) is 2.77. The molecule has 102 valence electrons. The maximum Gasteiger partial charge on any atom is 0.226 e. The van der Waals surface area contributed by atoms with E-state index in [9.17, 15) is 0 Å². The van der Waals surface area contributed by atoms with Gasteiger partial charge in [0.1, 0.15) is 10.6 Å². The summed E-state index contributed by atoms with van der Waals surface area (Å²) in [5.74, 6) is 1.44. The van der Waals surface area contributed by atoms with E-state index in [1.165, 1.54) is 0 Å². The average molecular weight is 305 g/mol. The van der Waals surface area contributed by atoms with Crippen LogP contribution in [0, 0.1) is 0 Å². The Morgan fingerprint density at radius 1 is 1.15 bits per heavy atom. The number of nitrogens with zero attached hydrogens (tertiary/aromatic N) is 2. The van der Waals surface area contributed by atoms with Crippen molar-refractivity contribution in [2.24, 2.45) is 0 Å². The zero-order valence-corrected chi connectivity index (χ0v) is 12.4. The van der Waals surface area contributed by atoms with E-state index in [1.807, 2.05) is 42.6 Å². The lowest BCUT2D eigenvalue weighted by Crippen LogP contribution is -2.04. The first-order valence-electron chi connectivity index (χ1n) is 6.28. The first-order valence-corrected chi connectivity index (χ1v) is 7.53. The average Bonchev–Trinajstić information content (AvgIpc) is 2.90. The maximum atomic E-state index is 5.90. The molecular formula is C14H13ClN4S. The van der Waals surface area contributed by atoms with Crippen LogP contribution >= 0.6 is 22.9 Å². The summed E-state index contributed by atoms with van der Waals surface area (Å²) in [6.07, 6.45) is 0. The Morgan fingerprint density at radius 3 is 2.70 bits per heavy atom. The number of benzene rings is 1. The monoisotopic (exact) mass is 304 g/mol. The van der Waals surface area contributed by atoms with Gasteiger partial charge in [-0.3, -0.25) is 0 Å². The van der Waals surface area contributed by atoms with E-state index in [0.29, 0.717) is 11.0 Å². The highest BCUT2D eigenvalue weighted by Gasteiger charge is 2.08. The Labute approximate surface area is 125 Å². The molecule has 2 N–H and O–H groups in total. The molecule has 0 bridgehead atoms. The lowest BCUT2D eigenvalue weighted by atomic mass is 10.3. The largest absolute Gasteiger partial charge is 0.354 e. The Hall–Kier alpha value is -1.85. The topological polar surface area (TPSA) is 49.8 Å². The molecule has 0 radical (unpaired) electrons. The van der Waals surface area contributed by atoms with Crippen LogP contribution in [0.5, 0.6) is 0 Å². The molecule has 3 aromatic rings. The third kappa shape index (κ3) is 2.69. The molecule has 2 heterocycles. The van der Waals surface area contributed by atoms with Crippen LogP contribution in [0.15, 0.2) is 35.7 Å². The first-order chi connectivity index (χ1) is 9.76. The second-order valence-electron chi connectivity index (χ2n) is 4.20. The highest BCUT2D eigenvalue weighted by atomic mass is 35.5. The summed E-state index contributed by atoms with van der Waals surface area (Å²) in [7, 11) is 0. The van der Waals surface area contributed by atoms with Crippen molar-refractivity contribution in [2.75, 3.05) is 17.2 Å². The highest BCUT2D eigenvalue weighted by molar-refractivity contribution is 7.16. The van der Waals surface area contributed by atoms with Gasteiger partial charge >= 0.3 is 0 Å². The van der Waals surface area contributed by atoms with Gasteiger partial charge in [0.15, 0.2) is 0 Å². The van der Waals surface area contributed by atoms with Gasteiger partial charge in [0.25, 0.3) is 0 Å². The van der Waals surface area contributed by atoms with E-state index in [2.05, 4.69) is 20.6 Å². The number of nitrogens with one attached hydrogen (secondary N) is 2. The lowest BCUT2D eigenvalue weighted by molar-refractivity contribution is 1.11. The van der Waals surface area contributed by atoms with E-state index in [4.69, 9.17) is 11.6 Å². The number of halogens is 1. The minimum Gasteiger partial charge on any atom is -0.354 e. The number of anilines is 3. The van der Waals surface area contributed by atoms with E-state index in [1.54, 1.807) is 11.3 Å². The molecule has 6 heteroatoms. The molecule has 4 nitrogen and oxygen atoms in total. The van der Waals surface area contributed by atoms with Crippen LogP contribution in [0.3, 0.4) is 0 Å². The van der Waals surface area contributed by atoms with Crippen molar-refractivity contribution in [1.29, 1.82) is 0 Å². The summed E-state index contributed by atoms with van der Waals surface area (Å²) in [4.78, 5) is 9.96. The Morgan fingerprint density at radius 2 is 1.95 bits per heavy atom. The van der Waals surface area contributed by atoms with E-state index < -0.39 is 0 Å². The molecule has 3 rings (SSSR count). The van der Waals surface area contributed by atoms with Crippen molar-refractivity contribution >= 4 is 50.6 Å². The van der Waals surface area contributed by atoms with E-state index in [-0.39, 0.29) is 0 Å². The minimum atomic E-state index is 0.638. The predicted octanol–water partition coefficient (Wildman–Crippen LogP) is 4.52. The molecule has 20 heavy (non-hydrogen) atoms. The molecule has 0 saturated carbocycles. The molecule has 0 aliphatic carbocycles. The van der Waals surface area contributed by atoms with Crippen LogP contribution < -0.4 is 10.6 Å². The molecule has 0 aliphatic heterocycles. The first kappa shape index (κ1) is 13.1. The second kappa shape index (κ2) is 5.64. The number of hydrogen-bond donors (Lipinski definition) is 2. The fourth-order valence-electron chi connectivity index (χ4n) is 1.86. The minimum absolute atomic E-state index is 0.638. The quantitative estimate of drug-likeness (QED) is 0.744. The number of thiophene rings is 1. The van der Waals surface area contributed by atoms with Crippen molar-refractivity contribution in [1.82, 2.24) is 9.97 Å². The molecule has 0 spiro atoms. The molecular weight excluding hydrogens is 292 g/mol. The van der Waals surface area contributed by atoms with E-state index in [0.717, 1.165) is 28.3 Å². The van der Waals surface area contributed by atoms with Crippen LogP contribution in [0.2, 0.25) is 5.02 Å². The zero-order valence-electron chi connectivity index (χ0n) is 10.9. The Balaban J connectivity index is 2.00. The van der Waals surface area contributed by atoms with Gasteiger partial charge in [0, 0.05) is 17.3 Å². The second-order valence-corrected chi connectivity index (χ2v) is 5.53. The van der Waals surface area contributed by atoms with Gasteiger partial charge in [-0.05, 0) is 42.6 Å². The van der Waals surface area contributed by atoms with E-state index >= 15 is 0 Å². The van der Waals surface area contributed by atoms with Crippen molar-refractivity contribution in [3.63, 3.8) is 0 Å². The molecule has 0 saturated heterocycles. The number of aromatic nitrogens is 2. The summed E-state index contributed by atoms with van der Waals surface area (Å²) in [6, 6.07) is 9.57. The van der Waals surface area contributed by atoms with Crippen LogP contribution in [-0.2, 0) is 0 Å². The molecule has 0 atom stereocenters. The van der Waals surface area contributed by atoms with Crippen LogP contribution in [0.1, 0.15) is 6.92 Å². The van der Waals surface area contributed by atoms with Gasteiger partial charge < -0.3 is 10.6 Å². The van der Waals surface area contributed by atoms with Crippen molar-refractivity contribution in [2.45, 2.75) is 6.92 Å². The van der Waals surface area contributed by atoms with Crippen molar-refractivity contribution < 1.29 is 0 Å². The fraction of sp³-hybridized carbons (Fsp3) is 0.143.